The van der Waals surface area contributed by atoms with Gasteiger partial charge in [0.05, 0.1) is 5.52 Å². The minimum Gasteiger partial charge on any atom is -0.310 e. The number of pyridine rings is 1. The smallest absolute Gasteiger partial charge is 0.101 e. The average molecular weight is 274 g/mol. The van der Waals surface area contributed by atoms with Crippen molar-refractivity contribution in [3.8, 4) is 0 Å². The van der Waals surface area contributed by atoms with Gasteiger partial charge in [0, 0.05) is 23.2 Å². The van der Waals surface area contributed by atoms with E-state index < -0.39 is 0 Å². The zero-order valence-electron chi connectivity index (χ0n) is 12.1. The highest BCUT2D eigenvalue weighted by atomic mass is 32.2. The number of hydrogen-bond donors (Lipinski definition) is 1. The molecular formula is C16H22N2S. The highest BCUT2D eigenvalue weighted by molar-refractivity contribution is 7.99. The zero-order chi connectivity index (χ0) is 13.8. The topological polar surface area (TPSA) is 24.9 Å². The number of fused-ring (bicyclic) bond motifs is 1. The van der Waals surface area contributed by atoms with Crippen LogP contribution in [0.25, 0.3) is 10.9 Å². The Balaban J connectivity index is 2.38. The standard InChI is InChI=1S/C16H22N2S/c1-11(2)17-10-14-9-13-7-5-6-8-15(13)18-16(14)19-12(3)4/h5-9,11-12,17H,10H2,1-4H3. The third kappa shape index (κ3) is 3.95. The fraction of sp³-hybridized carbons (Fsp3) is 0.438. The van der Waals surface area contributed by atoms with Crippen LogP contribution in [0, 0.1) is 0 Å². The molecule has 0 unspecified atom stereocenters. The molecule has 2 nitrogen and oxygen atoms in total. The first-order valence-electron chi connectivity index (χ1n) is 6.85. The molecule has 1 N–H and O–H groups in total. The predicted molar refractivity (Wildman–Crippen MR) is 84.7 cm³/mol. The lowest BCUT2D eigenvalue weighted by molar-refractivity contribution is 0.583. The minimum atomic E-state index is 0.489. The molecule has 102 valence electrons. The fourth-order valence-corrected chi connectivity index (χ4v) is 2.79. The number of para-hydroxylation sites is 1. The summed E-state index contributed by atoms with van der Waals surface area (Å²) in [5, 5.41) is 6.41. The zero-order valence-corrected chi connectivity index (χ0v) is 12.9. The largest absolute Gasteiger partial charge is 0.310 e. The van der Waals surface area contributed by atoms with Crippen LogP contribution in [0.2, 0.25) is 0 Å². The summed E-state index contributed by atoms with van der Waals surface area (Å²) in [5.74, 6) is 0. The number of hydrogen-bond acceptors (Lipinski definition) is 3. The number of thioether (sulfide) groups is 1. The Morgan fingerprint density at radius 3 is 2.58 bits per heavy atom. The van der Waals surface area contributed by atoms with Crippen molar-refractivity contribution in [2.75, 3.05) is 0 Å². The van der Waals surface area contributed by atoms with Crippen LogP contribution in [0.15, 0.2) is 35.4 Å². The Morgan fingerprint density at radius 2 is 1.89 bits per heavy atom. The maximum Gasteiger partial charge on any atom is 0.101 e. The third-order valence-electron chi connectivity index (χ3n) is 2.81. The van der Waals surface area contributed by atoms with Gasteiger partial charge in [0.2, 0.25) is 0 Å². The second-order valence-corrected chi connectivity index (χ2v) is 6.91. The second-order valence-electron chi connectivity index (χ2n) is 5.35. The molecule has 0 spiro atoms. The van der Waals surface area contributed by atoms with Crippen molar-refractivity contribution in [1.82, 2.24) is 10.3 Å². The molecule has 1 heterocycles. The van der Waals surface area contributed by atoms with E-state index in [-0.39, 0.29) is 0 Å². The summed E-state index contributed by atoms with van der Waals surface area (Å²) >= 11 is 1.84. The maximum absolute atomic E-state index is 4.82. The van der Waals surface area contributed by atoms with Gasteiger partial charge >= 0.3 is 0 Å². The molecule has 0 aliphatic rings. The average Bonchev–Trinajstić information content (AvgIpc) is 2.35. The molecule has 1 aromatic heterocycles. The van der Waals surface area contributed by atoms with Gasteiger partial charge in [0.15, 0.2) is 0 Å². The van der Waals surface area contributed by atoms with Crippen molar-refractivity contribution < 1.29 is 0 Å². The summed E-state index contributed by atoms with van der Waals surface area (Å²) in [6.07, 6.45) is 0. The quantitative estimate of drug-likeness (QED) is 0.826. The van der Waals surface area contributed by atoms with Crippen molar-refractivity contribution in [3.05, 3.63) is 35.9 Å². The molecule has 0 amide bonds. The Kier molecular flexibility index (Phi) is 4.83. The van der Waals surface area contributed by atoms with E-state index in [2.05, 4.69) is 57.3 Å². The molecule has 0 fully saturated rings. The molecule has 3 heteroatoms. The lowest BCUT2D eigenvalue weighted by Gasteiger charge is -2.14. The Hall–Kier alpha value is -1.06. The highest BCUT2D eigenvalue weighted by Crippen LogP contribution is 2.27. The Morgan fingerprint density at radius 1 is 1.16 bits per heavy atom. The lowest BCUT2D eigenvalue weighted by Crippen LogP contribution is -2.22. The number of nitrogens with one attached hydrogen (secondary N) is 1. The second kappa shape index (κ2) is 6.40. The van der Waals surface area contributed by atoms with E-state index in [9.17, 15) is 0 Å². The summed E-state index contributed by atoms with van der Waals surface area (Å²) in [5.41, 5.74) is 2.38. The van der Waals surface area contributed by atoms with E-state index in [0.717, 1.165) is 17.1 Å². The van der Waals surface area contributed by atoms with Crippen LogP contribution >= 0.6 is 11.8 Å². The summed E-state index contributed by atoms with van der Waals surface area (Å²) in [7, 11) is 0. The monoisotopic (exact) mass is 274 g/mol. The number of aromatic nitrogens is 1. The molecule has 0 aliphatic carbocycles. The summed E-state index contributed by atoms with van der Waals surface area (Å²) in [6, 6.07) is 11.1. The van der Waals surface area contributed by atoms with E-state index in [4.69, 9.17) is 4.98 Å². The van der Waals surface area contributed by atoms with Crippen molar-refractivity contribution in [1.29, 1.82) is 0 Å². The van der Waals surface area contributed by atoms with Crippen LogP contribution in [0.5, 0.6) is 0 Å². The van der Waals surface area contributed by atoms with Gasteiger partial charge in [-0.1, -0.05) is 45.9 Å². The van der Waals surface area contributed by atoms with Crippen LogP contribution < -0.4 is 5.32 Å². The minimum absolute atomic E-state index is 0.489. The van der Waals surface area contributed by atoms with Gasteiger partial charge in [-0.15, -0.1) is 11.8 Å². The van der Waals surface area contributed by atoms with Gasteiger partial charge in [-0.3, -0.25) is 0 Å². The van der Waals surface area contributed by atoms with Crippen molar-refractivity contribution in [2.24, 2.45) is 0 Å². The van der Waals surface area contributed by atoms with Gasteiger partial charge in [-0.25, -0.2) is 4.98 Å². The molecule has 0 aliphatic heterocycles. The number of benzene rings is 1. The number of rotatable bonds is 5. The Bertz CT molecular complexity index is 549. The van der Waals surface area contributed by atoms with Crippen LogP contribution in [-0.4, -0.2) is 16.3 Å². The van der Waals surface area contributed by atoms with Crippen LogP contribution in [0.1, 0.15) is 33.3 Å². The van der Waals surface area contributed by atoms with Crippen LogP contribution in [0.4, 0.5) is 0 Å². The first-order chi connectivity index (χ1) is 9.06. The Labute approximate surface area is 120 Å². The molecule has 19 heavy (non-hydrogen) atoms. The molecule has 0 saturated heterocycles. The van der Waals surface area contributed by atoms with E-state index in [0.29, 0.717) is 11.3 Å². The first-order valence-corrected chi connectivity index (χ1v) is 7.73. The molecular weight excluding hydrogens is 252 g/mol. The maximum atomic E-state index is 4.82. The molecule has 2 aromatic rings. The molecule has 0 saturated carbocycles. The lowest BCUT2D eigenvalue weighted by atomic mass is 10.1. The van der Waals surface area contributed by atoms with Crippen molar-refractivity contribution in [2.45, 2.75) is 50.6 Å². The molecule has 0 bridgehead atoms. The molecule has 0 radical (unpaired) electrons. The highest BCUT2D eigenvalue weighted by Gasteiger charge is 2.09. The van der Waals surface area contributed by atoms with Gasteiger partial charge < -0.3 is 5.32 Å². The van der Waals surface area contributed by atoms with Crippen LogP contribution in [0.3, 0.4) is 0 Å². The van der Waals surface area contributed by atoms with Gasteiger partial charge in [0.1, 0.15) is 5.03 Å². The van der Waals surface area contributed by atoms with E-state index >= 15 is 0 Å². The summed E-state index contributed by atoms with van der Waals surface area (Å²) in [6.45, 7) is 9.64. The molecule has 1 aromatic carbocycles. The van der Waals surface area contributed by atoms with E-state index in [1.165, 1.54) is 10.9 Å². The van der Waals surface area contributed by atoms with E-state index in [1.807, 2.05) is 17.8 Å². The normalized spacial score (nSPS) is 11.7. The van der Waals surface area contributed by atoms with Crippen molar-refractivity contribution in [3.63, 3.8) is 0 Å². The van der Waals surface area contributed by atoms with E-state index in [1.54, 1.807) is 0 Å². The van der Waals surface area contributed by atoms with Gasteiger partial charge in [-0.2, -0.15) is 0 Å². The van der Waals surface area contributed by atoms with Gasteiger partial charge in [-0.05, 0) is 17.7 Å². The summed E-state index contributed by atoms with van der Waals surface area (Å²) < 4.78 is 0. The molecule has 0 atom stereocenters. The van der Waals surface area contributed by atoms with Gasteiger partial charge in [0.25, 0.3) is 0 Å². The SMILES string of the molecule is CC(C)NCc1cc2ccccc2nc1SC(C)C. The fourth-order valence-electron chi connectivity index (χ4n) is 1.91. The first kappa shape index (κ1) is 14.4. The van der Waals surface area contributed by atoms with Crippen molar-refractivity contribution >= 4 is 22.7 Å². The summed E-state index contributed by atoms with van der Waals surface area (Å²) in [4.78, 5) is 4.82. The third-order valence-corrected chi connectivity index (χ3v) is 3.86. The number of nitrogens with zero attached hydrogens (tertiary/aromatic N) is 1. The molecule has 2 rings (SSSR count). The predicted octanol–water partition coefficient (Wildman–Crippen LogP) is 4.23. The van der Waals surface area contributed by atoms with Crippen LogP contribution in [-0.2, 0) is 6.54 Å².